The highest BCUT2D eigenvalue weighted by Crippen LogP contribution is 2.52. The molecule has 2 bridgehead atoms. The van der Waals surface area contributed by atoms with E-state index in [1.807, 2.05) is 12.2 Å². The first-order valence-corrected chi connectivity index (χ1v) is 6.57. The van der Waals surface area contributed by atoms with E-state index in [-0.39, 0.29) is 48.8 Å². The number of amides is 3. The summed E-state index contributed by atoms with van der Waals surface area (Å²) in [5.74, 6) is -0.372. The van der Waals surface area contributed by atoms with Crippen molar-refractivity contribution >= 4 is 17.9 Å². The van der Waals surface area contributed by atoms with E-state index in [0.29, 0.717) is 0 Å². The van der Waals surface area contributed by atoms with Crippen molar-refractivity contribution in [3.05, 3.63) is 12.2 Å². The average Bonchev–Trinajstić information content (AvgIpc) is 3.03. The third-order valence-electron chi connectivity index (χ3n) is 4.22. The van der Waals surface area contributed by atoms with E-state index in [0.717, 1.165) is 11.3 Å². The molecule has 0 aromatic carbocycles. The second kappa shape index (κ2) is 4.36. The molecule has 1 saturated carbocycles. The Hall–Kier alpha value is -1.85. The molecule has 4 atom stereocenters. The third-order valence-corrected chi connectivity index (χ3v) is 4.22. The number of rotatable bonds is 3. The molecule has 0 aromatic heterocycles. The summed E-state index contributed by atoms with van der Waals surface area (Å²) < 4.78 is 4.71. The summed E-state index contributed by atoms with van der Waals surface area (Å²) in [6, 6.07) is 0. The van der Waals surface area contributed by atoms with Gasteiger partial charge in [0.25, 0.3) is 0 Å². The minimum atomic E-state index is -0.610. The maximum absolute atomic E-state index is 12.2. The van der Waals surface area contributed by atoms with Crippen LogP contribution in [0.15, 0.2) is 12.2 Å². The molecule has 6 nitrogen and oxygen atoms in total. The van der Waals surface area contributed by atoms with Crippen molar-refractivity contribution in [3.8, 4) is 0 Å². The van der Waals surface area contributed by atoms with Crippen molar-refractivity contribution in [2.24, 2.45) is 23.7 Å². The monoisotopic (exact) mass is 264 g/mol. The van der Waals surface area contributed by atoms with Crippen LogP contribution in [0.4, 0.5) is 4.79 Å². The number of imide groups is 1. The fourth-order valence-electron chi connectivity index (χ4n) is 3.45. The Morgan fingerprint density at radius 3 is 2.42 bits per heavy atom. The van der Waals surface area contributed by atoms with Crippen LogP contribution in [0.25, 0.3) is 0 Å². The molecule has 19 heavy (non-hydrogen) atoms. The fraction of sp³-hybridized carbons (Fsp3) is 0.615. The molecule has 6 heteroatoms. The molecule has 1 saturated heterocycles. The number of allylic oxidation sites excluding steroid dienone is 2. The van der Waals surface area contributed by atoms with Gasteiger partial charge < -0.3 is 10.1 Å². The predicted octanol–water partition coefficient (Wildman–Crippen LogP) is 0.497. The number of fused-ring (bicyclic) bond motifs is 5. The summed E-state index contributed by atoms with van der Waals surface area (Å²) in [7, 11) is 0. The Morgan fingerprint density at radius 2 is 1.89 bits per heavy atom. The fourth-order valence-corrected chi connectivity index (χ4v) is 3.45. The van der Waals surface area contributed by atoms with Gasteiger partial charge in [-0.05, 0) is 25.2 Å². The van der Waals surface area contributed by atoms with Gasteiger partial charge in [-0.2, -0.15) is 0 Å². The predicted molar refractivity (Wildman–Crippen MR) is 64.6 cm³/mol. The first kappa shape index (κ1) is 12.2. The first-order valence-electron chi connectivity index (χ1n) is 6.57. The van der Waals surface area contributed by atoms with E-state index in [2.05, 4.69) is 5.32 Å². The summed E-state index contributed by atoms with van der Waals surface area (Å²) in [6.45, 7) is 1.86. The summed E-state index contributed by atoms with van der Waals surface area (Å²) in [5.41, 5.74) is 0. The largest absolute Gasteiger partial charge is 0.450 e. The number of hydrogen-bond acceptors (Lipinski definition) is 4. The Bertz CT molecular complexity index is 443. The Balaban J connectivity index is 1.67. The Labute approximate surface area is 110 Å². The van der Waals surface area contributed by atoms with Gasteiger partial charge in [0, 0.05) is 0 Å². The summed E-state index contributed by atoms with van der Waals surface area (Å²) in [5, 5.41) is 2.43. The number of carbonyl (C=O) groups is 3. The quantitative estimate of drug-likeness (QED) is 0.595. The molecule has 0 radical (unpaired) electrons. The molecule has 0 spiro atoms. The van der Waals surface area contributed by atoms with Gasteiger partial charge in [-0.1, -0.05) is 12.2 Å². The molecular formula is C13H16N2O4. The van der Waals surface area contributed by atoms with Crippen LogP contribution in [-0.2, 0) is 14.3 Å². The van der Waals surface area contributed by atoms with Gasteiger partial charge in [0.05, 0.1) is 18.4 Å². The molecule has 102 valence electrons. The minimum Gasteiger partial charge on any atom is -0.450 e. The normalized spacial score (nSPS) is 34.9. The number of nitrogens with zero attached hydrogens (tertiary/aromatic N) is 1. The highest BCUT2D eigenvalue weighted by Gasteiger charge is 2.59. The Morgan fingerprint density at radius 1 is 1.32 bits per heavy atom. The lowest BCUT2D eigenvalue weighted by Gasteiger charge is -2.17. The second-order valence-electron chi connectivity index (χ2n) is 5.16. The number of likely N-dealkylation sites (tertiary alicyclic amines) is 1. The van der Waals surface area contributed by atoms with Crippen LogP contribution in [0.1, 0.15) is 13.3 Å². The molecule has 2 fully saturated rings. The maximum Gasteiger partial charge on any atom is 0.408 e. The van der Waals surface area contributed by atoms with Crippen LogP contribution in [0, 0.1) is 23.7 Å². The molecule has 0 aromatic rings. The Kier molecular flexibility index (Phi) is 2.80. The van der Waals surface area contributed by atoms with Crippen LogP contribution < -0.4 is 5.32 Å². The van der Waals surface area contributed by atoms with E-state index >= 15 is 0 Å². The van der Waals surface area contributed by atoms with E-state index in [4.69, 9.17) is 4.74 Å². The molecule has 3 amide bonds. The van der Waals surface area contributed by atoms with Gasteiger partial charge in [0.1, 0.15) is 6.67 Å². The van der Waals surface area contributed by atoms with Crippen molar-refractivity contribution < 1.29 is 19.1 Å². The number of nitrogens with one attached hydrogen (secondary N) is 1. The minimum absolute atomic E-state index is 0.0943. The zero-order valence-electron chi connectivity index (χ0n) is 10.7. The van der Waals surface area contributed by atoms with Gasteiger partial charge in [-0.3, -0.25) is 14.5 Å². The van der Waals surface area contributed by atoms with Gasteiger partial charge in [0.15, 0.2) is 0 Å². The number of ether oxygens (including phenoxy) is 1. The van der Waals surface area contributed by atoms with Crippen LogP contribution in [0.2, 0.25) is 0 Å². The zero-order valence-corrected chi connectivity index (χ0v) is 10.7. The number of alkyl carbamates (subject to hydrolysis) is 1. The lowest BCUT2D eigenvalue weighted by Crippen LogP contribution is -2.42. The summed E-state index contributed by atoms with van der Waals surface area (Å²) in [6.07, 6.45) is 4.38. The van der Waals surface area contributed by atoms with Gasteiger partial charge in [-0.15, -0.1) is 0 Å². The second-order valence-corrected chi connectivity index (χ2v) is 5.16. The van der Waals surface area contributed by atoms with Gasteiger partial charge >= 0.3 is 6.09 Å². The average molecular weight is 264 g/mol. The third kappa shape index (κ3) is 1.74. The SMILES string of the molecule is CCOC(=O)NCN1C(=O)C2C3C=CC(C3)C2C1=O. The van der Waals surface area contributed by atoms with Crippen molar-refractivity contribution in [1.82, 2.24) is 10.2 Å². The van der Waals surface area contributed by atoms with E-state index < -0.39 is 6.09 Å². The standard InChI is InChI=1S/C13H16N2O4/c1-2-19-13(18)14-6-15-11(16)9-7-3-4-8(5-7)10(9)12(15)17/h3-4,7-10H,2,5-6H2,1H3,(H,14,18). The van der Waals surface area contributed by atoms with Crippen LogP contribution >= 0.6 is 0 Å². The molecular weight excluding hydrogens is 248 g/mol. The van der Waals surface area contributed by atoms with Gasteiger partial charge in [0.2, 0.25) is 11.8 Å². The van der Waals surface area contributed by atoms with Crippen LogP contribution in [-0.4, -0.2) is 36.1 Å². The highest BCUT2D eigenvalue weighted by molar-refractivity contribution is 6.06. The molecule has 4 unspecified atom stereocenters. The van der Waals surface area contributed by atoms with Crippen LogP contribution in [0.3, 0.4) is 0 Å². The van der Waals surface area contributed by atoms with Crippen molar-refractivity contribution in [3.63, 3.8) is 0 Å². The maximum atomic E-state index is 12.2. The molecule has 1 N–H and O–H groups in total. The van der Waals surface area contributed by atoms with E-state index in [9.17, 15) is 14.4 Å². The molecule has 3 rings (SSSR count). The van der Waals surface area contributed by atoms with Gasteiger partial charge in [-0.25, -0.2) is 4.79 Å². The van der Waals surface area contributed by atoms with E-state index in [1.165, 1.54) is 0 Å². The van der Waals surface area contributed by atoms with Crippen molar-refractivity contribution in [2.75, 3.05) is 13.3 Å². The number of hydrogen-bond donors (Lipinski definition) is 1. The molecule has 2 aliphatic carbocycles. The molecule has 1 aliphatic heterocycles. The van der Waals surface area contributed by atoms with Crippen LogP contribution in [0.5, 0.6) is 0 Å². The van der Waals surface area contributed by atoms with E-state index in [1.54, 1.807) is 6.92 Å². The van der Waals surface area contributed by atoms with Crippen molar-refractivity contribution in [1.29, 1.82) is 0 Å². The summed E-state index contributed by atoms with van der Waals surface area (Å²) in [4.78, 5) is 36.8. The lowest BCUT2D eigenvalue weighted by molar-refractivity contribution is -0.140. The molecule has 3 aliphatic rings. The number of carbonyl (C=O) groups excluding carboxylic acids is 3. The first-order chi connectivity index (χ1) is 9.13. The zero-order chi connectivity index (χ0) is 13.6. The summed E-state index contributed by atoms with van der Waals surface area (Å²) >= 11 is 0. The van der Waals surface area contributed by atoms with Crippen molar-refractivity contribution in [2.45, 2.75) is 13.3 Å². The highest BCUT2D eigenvalue weighted by atomic mass is 16.5. The topological polar surface area (TPSA) is 75.7 Å². The smallest absolute Gasteiger partial charge is 0.408 e. The lowest BCUT2D eigenvalue weighted by atomic mass is 9.85. The molecule has 1 heterocycles.